The summed E-state index contributed by atoms with van der Waals surface area (Å²) < 4.78 is 5.03. The van der Waals surface area contributed by atoms with Gasteiger partial charge in [0.1, 0.15) is 18.0 Å². The molecule has 1 aromatic carbocycles. The molecule has 0 radical (unpaired) electrons. The van der Waals surface area contributed by atoms with Crippen LogP contribution >= 0.6 is 0 Å². The molecule has 3 N–H and O–H groups in total. The summed E-state index contributed by atoms with van der Waals surface area (Å²) in [5, 5.41) is 15.5. The minimum atomic E-state index is -0.983. The first-order valence-corrected chi connectivity index (χ1v) is 9.16. The molecule has 0 aliphatic carbocycles. The number of carbonyl (C=O) groups is 2. The predicted molar refractivity (Wildman–Crippen MR) is 104 cm³/mol. The van der Waals surface area contributed by atoms with Gasteiger partial charge in [-0.1, -0.05) is 6.07 Å². The van der Waals surface area contributed by atoms with E-state index in [1.807, 2.05) is 0 Å². The predicted octanol–water partition coefficient (Wildman–Crippen LogP) is 2.95. The smallest absolute Gasteiger partial charge is 0.409 e. The summed E-state index contributed by atoms with van der Waals surface area (Å²) in [6.45, 7) is 3.44. The van der Waals surface area contributed by atoms with E-state index < -0.39 is 5.97 Å². The number of hydrogen-bond acceptors (Lipinski definition) is 7. The van der Waals surface area contributed by atoms with E-state index in [0.29, 0.717) is 37.0 Å². The van der Waals surface area contributed by atoms with Crippen LogP contribution < -0.4 is 10.6 Å². The van der Waals surface area contributed by atoms with E-state index in [-0.39, 0.29) is 17.7 Å². The Balaban J connectivity index is 1.58. The first kappa shape index (κ1) is 19.4. The standard InChI is InChI=1S/C19H23N5O4/c1-2-28-19(27)24-8-6-14(7-9-24)22-16-11-17(21-12-20-16)23-15-5-3-4-13(10-15)18(25)26/h3-5,10-12,14H,2,6-9H2,1H3,(H,25,26)(H2,20,21,22,23). The fourth-order valence-electron chi connectivity index (χ4n) is 3.01. The molecule has 2 aromatic rings. The van der Waals surface area contributed by atoms with Crippen LogP contribution in [-0.4, -0.2) is 57.8 Å². The molecule has 1 aliphatic rings. The molecule has 9 nitrogen and oxygen atoms in total. The molecular weight excluding hydrogens is 362 g/mol. The molecule has 1 aromatic heterocycles. The third-order valence-electron chi connectivity index (χ3n) is 4.42. The molecule has 0 bridgehead atoms. The first-order chi connectivity index (χ1) is 13.5. The molecule has 0 spiro atoms. The Morgan fingerprint density at radius 2 is 1.96 bits per heavy atom. The fourth-order valence-corrected chi connectivity index (χ4v) is 3.01. The van der Waals surface area contributed by atoms with Crippen molar-refractivity contribution in [3.63, 3.8) is 0 Å². The van der Waals surface area contributed by atoms with Gasteiger partial charge in [0, 0.05) is 30.9 Å². The summed E-state index contributed by atoms with van der Waals surface area (Å²) >= 11 is 0. The largest absolute Gasteiger partial charge is 0.478 e. The summed E-state index contributed by atoms with van der Waals surface area (Å²) in [6.07, 6.45) is 2.77. The summed E-state index contributed by atoms with van der Waals surface area (Å²) in [5.74, 6) is 0.244. The van der Waals surface area contributed by atoms with E-state index in [9.17, 15) is 9.59 Å². The van der Waals surface area contributed by atoms with Gasteiger partial charge in [-0.3, -0.25) is 0 Å². The Morgan fingerprint density at radius 1 is 1.21 bits per heavy atom. The van der Waals surface area contributed by atoms with Crippen molar-refractivity contribution < 1.29 is 19.4 Å². The summed E-state index contributed by atoms with van der Waals surface area (Å²) in [7, 11) is 0. The molecule has 3 rings (SSSR count). The minimum Gasteiger partial charge on any atom is -0.478 e. The number of nitrogens with one attached hydrogen (secondary N) is 2. The lowest BCUT2D eigenvalue weighted by atomic mass is 10.1. The van der Waals surface area contributed by atoms with E-state index in [2.05, 4.69) is 20.6 Å². The molecule has 1 fully saturated rings. The van der Waals surface area contributed by atoms with Gasteiger partial charge in [-0.05, 0) is 38.0 Å². The van der Waals surface area contributed by atoms with Gasteiger partial charge in [-0.15, -0.1) is 0 Å². The van der Waals surface area contributed by atoms with E-state index in [4.69, 9.17) is 9.84 Å². The highest BCUT2D eigenvalue weighted by molar-refractivity contribution is 5.89. The van der Waals surface area contributed by atoms with Crippen molar-refractivity contribution in [2.24, 2.45) is 0 Å². The van der Waals surface area contributed by atoms with E-state index in [1.54, 1.807) is 36.1 Å². The number of nitrogens with zero attached hydrogens (tertiary/aromatic N) is 3. The van der Waals surface area contributed by atoms with Gasteiger partial charge in [-0.2, -0.15) is 0 Å². The highest BCUT2D eigenvalue weighted by atomic mass is 16.6. The maximum Gasteiger partial charge on any atom is 0.409 e. The van der Waals surface area contributed by atoms with Gasteiger partial charge in [-0.25, -0.2) is 19.6 Å². The Bertz CT molecular complexity index is 837. The van der Waals surface area contributed by atoms with Crippen molar-refractivity contribution in [3.05, 3.63) is 42.2 Å². The molecule has 0 atom stereocenters. The molecule has 2 heterocycles. The molecular formula is C19H23N5O4. The molecule has 0 saturated carbocycles. The Kier molecular flexibility index (Phi) is 6.25. The van der Waals surface area contributed by atoms with Crippen LogP contribution in [0.4, 0.5) is 22.1 Å². The Morgan fingerprint density at radius 3 is 2.68 bits per heavy atom. The second-order valence-corrected chi connectivity index (χ2v) is 6.40. The summed E-state index contributed by atoms with van der Waals surface area (Å²) in [6, 6.07) is 8.48. The van der Waals surface area contributed by atoms with Crippen molar-refractivity contribution >= 4 is 29.4 Å². The number of carboxylic acid groups (broad SMARTS) is 1. The SMILES string of the molecule is CCOC(=O)N1CCC(Nc2cc(Nc3cccc(C(=O)O)c3)ncn2)CC1. The number of aromatic nitrogens is 2. The van der Waals surface area contributed by atoms with Gasteiger partial charge in [0.2, 0.25) is 0 Å². The zero-order chi connectivity index (χ0) is 19.9. The third-order valence-corrected chi connectivity index (χ3v) is 4.42. The van der Waals surface area contributed by atoms with Crippen molar-refractivity contribution in [1.29, 1.82) is 0 Å². The second kappa shape index (κ2) is 9.03. The zero-order valence-electron chi connectivity index (χ0n) is 15.6. The lowest BCUT2D eigenvalue weighted by Crippen LogP contribution is -2.42. The van der Waals surface area contributed by atoms with Crippen molar-refractivity contribution in [2.45, 2.75) is 25.8 Å². The number of ether oxygens (including phenoxy) is 1. The monoisotopic (exact) mass is 385 g/mol. The normalized spacial score (nSPS) is 14.4. The second-order valence-electron chi connectivity index (χ2n) is 6.40. The van der Waals surface area contributed by atoms with E-state index in [1.165, 1.54) is 12.4 Å². The molecule has 0 unspecified atom stereocenters. The number of benzene rings is 1. The van der Waals surface area contributed by atoms with Gasteiger partial charge in [0.25, 0.3) is 0 Å². The van der Waals surface area contributed by atoms with Crippen LogP contribution in [-0.2, 0) is 4.74 Å². The summed E-state index contributed by atoms with van der Waals surface area (Å²) in [5.41, 5.74) is 0.832. The Hall–Kier alpha value is -3.36. The number of carboxylic acids is 1. The van der Waals surface area contributed by atoms with Gasteiger partial charge < -0.3 is 25.4 Å². The molecule has 9 heteroatoms. The van der Waals surface area contributed by atoms with Crippen molar-refractivity contribution in [1.82, 2.24) is 14.9 Å². The number of piperidine rings is 1. The number of aromatic carboxylic acids is 1. The lowest BCUT2D eigenvalue weighted by molar-refractivity contribution is 0.0696. The Labute approximate surface area is 162 Å². The van der Waals surface area contributed by atoms with Crippen LogP contribution in [0.1, 0.15) is 30.1 Å². The number of anilines is 3. The quantitative estimate of drug-likeness (QED) is 0.695. The lowest BCUT2D eigenvalue weighted by Gasteiger charge is -2.31. The van der Waals surface area contributed by atoms with Gasteiger partial charge in [0.15, 0.2) is 0 Å². The summed E-state index contributed by atoms with van der Waals surface area (Å²) in [4.78, 5) is 33.0. The van der Waals surface area contributed by atoms with Crippen molar-refractivity contribution in [3.8, 4) is 0 Å². The third kappa shape index (κ3) is 5.09. The van der Waals surface area contributed by atoms with Crippen LogP contribution in [0.25, 0.3) is 0 Å². The highest BCUT2D eigenvalue weighted by Crippen LogP contribution is 2.20. The average molecular weight is 385 g/mol. The van der Waals surface area contributed by atoms with Gasteiger partial charge >= 0.3 is 12.1 Å². The van der Waals surface area contributed by atoms with Crippen LogP contribution in [0.2, 0.25) is 0 Å². The maximum absolute atomic E-state index is 11.8. The van der Waals surface area contributed by atoms with Crippen LogP contribution in [0.15, 0.2) is 36.7 Å². The average Bonchev–Trinajstić information content (AvgIpc) is 2.69. The topological polar surface area (TPSA) is 117 Å². The number of amides is 1. The molecule has 1 saturated heterocycles. The molecule has 1 aliphatic heterocycles. The number of rotatable bonds is 6. The fraction of sp³-hybridized carbons (Fsp3) is 0.368. The first-order valence-electron chi connectivity index (χ1n) is 9.16. The molecule has 28 heavy (non-hydrogen) atoms. The minimum absolute atomic E-state index is 0.198. The van der Waals surface area contributed by atoms with E-state index >= 15 is 0 Å². The molecule has 148 valence electrons. The van der Waals surface area contributed by atoms with Gasteiger partial charge in [0.05, 0.1) is 12.2 Å². The molecule has 1 amide bonds. The van der Waals surface area contributed by atoms with Crippen LogP contribution in [0.5, 0.6) is 0 Å². The number of carbonyl (C=O) groups excluding carboxylic acids is 1. The zero-order valence-corrected chi connectivity index (χ0v) is 15.6. The van der Waals surface area contributed by atoms with E-state index in [0.717, 1.165) is 12.8 Å². The van der Waals surface area contributed by atoms with Crippen molar-refractivity contribution in [2.75, 3.05) is 30.3 Å². The highest BCUT2D eigenvalue weighted by Gasteiger charge is 2.23. The number of hydrogen-bond donors (Lipinski definition) is 3. The van der Waals surface area contributed by atoms with Crippen LogP contribution in [0.3, 0.4) is 0 Å². The maximum atomic E-state index is 11.8. The number of likely N-dealkylation sites (tertiary alicyclic amines) is 1. The van der Waals surface area contributed by atoms with Crippen LogP contribution in [0, 0.1) is 0 Å².